The first-order valence-corrected chi connectivity index (χ1v) is 14.7. The fourth-order valence-corrected chi connectivity index (χ4v) is 14.5. The van der Waals surface area contributed by atoms with Crippen molar-refractivity contribution in [3.8, 4) is 5.75 Å². The molecule has 4 aromatic rings. The molecule has 0 amide bonds. The van der Waals surface area contributed by atoms with Crippen molar-refractivity contribution in [1.29, 1.82) is 0 Å². The monoisotopic (exact) mass is 472 g/mol. The molecule has 0 heterocycles. The summed E-state index contributed by atoms with van der Waals surface area (Å²) in [5, 5.41) is 0. The number of para-hydroxylation sites is 1. The first kappa shape index (κ1) is 18.5. The van der Waals surface area contributed by atoms with Gasteiger partial charge in [-0.15, -0.1) is 0 Å². The third-order valence-corrected chi connectivity index (χ3v) is 16.2. The van der Waals surface area contributed by atoms with Crippen LogP contribution in [-0.2, 0) is 0 Å². The zero-order chi connectivity index (χ0) is 19.2. The number of rotatable bonds is 6. The van der Waals surface area contributed by atoms with Gasteiger partial charge >= 0.3 is 170 Å². The van der Waals surface area contributed by atoms with Crippen molar-refractivity contribution in [3.63, 3.8) is 0 Å². The summed E-state index contributed by atoms with van der Waals surface area (Å²) in [4.78, 5) is 11.7. The predicted molar refractivity (Wildman–Crippen MR) is 116 cm³/mol. The van der Waals surface area contributed by atoms with Gasteiger partial charge in [-0.05, 0) is 0 Å². The van der Waals surface area contributed by atoms with E-state index >= 15 is 0 Å². The Morgan fingerprint density at radius 2 is 0.929 bits per heavy atom. The van der Waals surface area contributed by atoms with Crippen LogP contribution in [0, 0.1) is 0 Å². The van der Waals surface area contributed by atoms with Crippen LogP contribution < -0.4 is 13.8 Å². The van der Waals surface area contributed by atoms with E-state index in [-0.39, 0.29) is 0 Å². The van der Waals surface area contributed by atoms with Crippen LogP contribution in [0.1, 0.15) is 10.4 Å². The molecule has 0 fully saturated rings. The Kier molecular flexibility index (Phi) is 5.58. The van der Waals surface area contributed by atoms with E-state index in [0.29, 0.717) is 11.3 Å². The van der Waals surface area contributed by atoms with Crippen molar-refractivity contribution in [2.24, 2.45) is 0 Å². The predicted octanol–water partition coefficient (Wildman–Crippen LogP) is 3.55. The number of hydrogen-bond donors (Lipinski definition) is 0. The molecule has 0 spiro atoms. The van der Waals surface area contributed by atoms with Gasteiger partial charge in [-0.1, -0.05) is 0 Å². The normalized spacial score (nSPS) is 11.0. The van der Waals surface area contributed by atoms with Gasteiger partial charge in [-0.3, -0.25) is 0 Å². The number of carbonyl (C=O) groups is 1. The van der Waals surface area contributed by atoms with E-state index in [0.717, 1.165) is 6.29 Å². The fraction of sp³-hybridized carbons (Fsp3) is 0. The SMILES string of the molecule is O=Cc1ccccc1[O][Sn]([c]1ccccc1)([c]1ccccc1)[c]1ccccc1. The van der Waals surface area contributed by atoms with Crippen molar-refractivity contribution in [2.75, 3.05) is 0 Å². The first-order chi connectivity index (χ1) is 13.8. The summed E-state index contributed by atoms with van der Waals surface area (Å²) >= 11 is -3.89. The number of benzene rings is 4. The molecule has 0 aliphatic carbocycles. The van der Waals surface area contributed by atoms with Crippen molar-refractivity contribution < 1.29 is 7.87 Å². The average molecular weight is 471 g/mol. The molecule has 0 unspecified atom stereocenters. The number of hydrogen-bond acceptors (Lipinski definition) is 2. The topological polar surface area (TPSA) is 26.3 Å². The second kappa shape index (κ2) is 8.44. The Morgan fingerprint density at radius 3 is 1.36 bits per heavy atom. The quantitative estimate of drug-likeness (QED) is 0.318. The third kappa shape index (κ3) is 3.48. The summed E-state index contributed by atoms with van der Waals surface area (Å²) in [5.74, 6) is 0.643. The van der Waals surface area contributed by atoms with Gasteiger partial charge < -0.3 is 0 Å². The number of carbonyl (C=O) groups excluding carboxylic acids is 1. The third-order valence-electron chi connectivity index (χ3n) is 4.85. The van der Waals surface area contributed by atoms with Crippen LogP contribution in [0.3, 0.4) is 0 Å². The van der Waals surface area contributed by atoms with Crippen molar-refractivity contribution in [3.05, 3.63) is 121 Å². The molecule has 2 nitrogen and oxygen atoms in total. The molecule has 0 saturated heterocycles. The second-order valence-electron chi connectivity index (χ2n) is 6.54. The standard InChI is InChI=1S/C7H6O2.3C6H5.Sn/c8-5-6-3-1-2-4-7(6)9;3*1-2-4-6-5-3-1;/h1-5,9H;3*1-5H;/q;;;;+1/p-1. The maximum atomic E-state index is 11.7. The van der Waals surface area contributed by atoms with E-state index in [1.54, 1.807) is 6.07 Å². The van der Waals surface area contributed by atoms with E-state index in [1.807, 2.05) is 36.4 Å². The van der Waals surface area contributed by atoms with Crippen LogP contribution in [0.2, 0.25) is 0 Å². The molecule has 0 radical (unpaired) electrons. The fourth-order valence-electron chi connectivity index (χ4n) is 3.53. The van der Waals surface area contributed by atoms with Crippen LogP contribution >= 0.6 is 0 Å². The van der Waals surface area contributed by atoms with E-state index in [1.165, 1.54) is 10.7 Å². The van der Waals surface area contributed by atoms with Crippen LogP contribution in [0.15, 0.2) is 115 Å². The molecule has 0 aliphatic rings. The van der Waals surface area contributed by atoms with Gasteiger partial charge in [0.25, 0.3) is 0 Å². The Bertz CT molecular complexity index is 951. The molecular formula is C25H20O2Sn. The molecule has 136 valence electrons. The van der Waals surface area contributed by atoms with E-state index in [4.69, 9.17) is 3.07 Å². The van der Waals surface area contributed by atoms with Gasteiger partial charge in [0.15, 0.2) is 0 Å². The van der Waals surface area contributed by atoms with Crippen LogP contribution in [0.5, 0.6) is 5.75 Å². The zero-order valence-corrected chi connectivity index (χ0v) is 18.2. The van der Waals surface area contributed by atoms with Gasteiger partial charge in [0, 0.05) is 0 Å². The van der Waals surface area contributed by atoms with E-state index in [2.05, 4.69) is 72.8 Å². The van der Waals surface area contributed by atoms with E-state index < -0.39 is 18.8 Å². The molecule has 0 saturated carbocycles. The van der Waals surface area contributed by atoms with Crippen LogP contribution in [0.4, 0.5) is 0 Å². The Labute approximate surface area is 169 Å². The van der Waals surface area contributed by atoms with Crippen LogP contribution in [0.25, 0.3) is 0 Å². The summed E-state index contributed by atoms with van der Waals surface area (Å²) in [6, 6.07) is 38.8. The molecule has 0 bridgehead atoms. The Morgan fingerprint density at radius 1 is 0.536 bits per heavy atom. The molecule has 0 aromatic heterocycles. The van der Waals surface area contributed by atoms with Crippen LogP contribution in [-0.4, -0.2) is 25.1 Å². The summed E-state index contributed by atoms with van der Waals surface area (Å²) in [7, 11) is 0. The molecule has 4 aromatic carbocycles. The molecule has 0 N–H and O–H groups in total. The molecule has 3 heteroatoms. The van der Waals surface area contributed by atoms with Gasteiger partial charge in [-0.2, -0.15) is 0 Å². The van der Waals surface area contributed by atoms with Crippen molar-refractivity contribution in [2.45, 2.75) is 0 Å². The Balaban J connectivity index is 2.02. The average Bonchev–Trinajstić information content (AvgIpc) is 2.79. The second-order valence-corrected chi connectivity index (χ2v) is 16.0. The minimum absolute atomic E-state index is 0.575. The molecule has 0 aliphatic heterocycles. The van der Waals surface area contributed by atoms with Crippen molar-refractivity contribution in [1.82, 2.24) is 0 Å². The molecule has 0 atom stereocenters. The van der Waals surface area contributed by atoms with Crippen molar-refractivity contribution >= 4 is 35.8 Å². The van der Waals surface area contributed by atoms with Gasteiger partial charge in [-0.25, -0.2) is 0 Å². The first-order valence-electron chi connectivity index (χ1n) is 9.24. The molecule has 28 heavy (non-hydrogen) atoms. The Hall–Kier alpha value is -2.85. The molecule has 4 rings (SSSR count). The zero-order valence-electron chi connectivity index (χ0n) is 15.4. The summed E-state index contributed by atoms with van der Waals surface area (Å²) in [6.07, 6.45) is 0.868. The summed E-state index contributed by atoms with van der Waals surface area (Å²) in [6.45, 7) is 0. The van der Waals surface area contributed by atoms with Gasteiger partial charge in [0.1, 0.15) is 0 Å². The summed E-state index contributed by atoms with van der Waals surface area (Å²) in [5.41, 5.74) is 0.575. The maximum absolute atomic E-state index is 11.7. The van der Waals surface area contributed by atoms with Gasteiger partial charge in [0.2, 0.25) is 0 Å². The minimum atomic E-state index is -3.89. The summed E-state index contributed by atoms with van der Waals surface area (Å²) < 4.78 is 10.6. The molecular weight excluding hydrogens is 451 g/mol. The van der Waals surface area contributed by atoms with Gasteiger partial charge in [0.05, 0.1) is 0 Å². The van der Waals surface area contributed by atoms with E-state index in [9.17, 15) is 4.79 Å². The number of aldehydes is 1.